The van der Waals surface area contributed by atoms with E-state index in [9.17, 15) is 4.79 Å². The Morgan fingerprint density at radius 2 is 2.14 bits per heavy atom. The molecule has 116 valence electrons. The van der Waals surface area contributed by atoms with Gasteiger partial charge >= 0.3 is 0 Å². The van der Waals surface area contributed by atoms with Crippen molar-refractivity contribution in [2.75, 3.05) is 19.1 Å². The number of ether oxygens (including phenoxy) is 1. The van der Waals surface area contributed by atoms with Gasteiger partial charge in [-0.25, -0.2) is 0 Å². The molecule has 0 radical (unpaired) electrons. The Morgan fingerprint density at radius 3 is 2.81 bits per heavy atom. The van der Waals surface area contributed by atoms with Gasteiger partial charge in [-0.05, 0) is 38.3 Å². The molecule has 0 bridgehead atoms. The van der Waals surface area contributed by atoms with Crippen LogP contribution in [0.2, 0.25) is 0 Å². The van der Waals surface area contributed by atoms with Crippen LogP contribution in [0.1, 0.15) is 32.0 Å². The van der Waals surface area contributed by atoms with Gasteiger partial charge in [0, 0.05) is 11.6 Å². The van der Waals surface area contributed by atoms with Crippen molar-refractivity contribution in [3.63, 3.8) is 0 Å². The lowest BCUT2D eigenvalue weighted by atomic mass is 10.1. The van der Waals surface area contributed by atoms with E-state index in [1.807, 2.05) is 47.9 Å². The smallest absolute Gasteiger partial charge is 0.241 e. The van der Waals surface area contributed by atoms with E-state index in [1.54, 1.807) is 7.11 Å². The molecule has 1 fully saturated rings. The van der Waals surface area contributed by atoms with Gasteiger partial charge < -0.3 is 9.64 Å². The first-order valence-electron chi connectivity index (χ1n) is 7.30. The summed E-state index contributed by atoms with van der Waals surface area (Å²) in [4.78, 5) is 14.5. The van der Waals surface area contributed by atoms with E-state index in [1.165, 1.54) is 0 Å². The molecule has 0 aromatic heterocycles. The minimum absolute atomic E-state index is 0.111. The van der Waals surface area contributed by atoms with Gasteiger partial charge in [0.1, 0.15) is 11.9 Å². The summed E-state index contributed by atoms with van der Waals surface area (Å²) < 4.78 is 5.46. The fourth-order valence-corrected chi connectivity index (χ4v) is 3.35. The molecule has 2 rings (SSSR count). The number of hydrogen-bond acceptors (Lipinski definition) is 4. The van der Waals surface area contributed by atoms with Crippen molar-refractivity contribution in [3.8, 4) is 5.75 Å². The van der Waals surface area contributed by atoms with Crippen molar-refractivity contribution < 1.29 is 9.53 Å². The topological polar surface area (TPSA) is 41.6 Å². The molecular formula is C16H24N2O2S. The molecule has 0 aliphatic carbocycles. The normalized spacial score (nSPS) is 23.4. The van der Waals surface area contributed by atoms with Crippen molar-refractivity contribution in [1.82, 2.24) is 10.2 Å². The summed E-state index contributed by atoms with van der Waals surface area (Å²) in [6, 6.07) is 7.95. The lowest BCUT2D eigenvalue weighted by molar-refractivity contribution is -0.131. The predicted molar refractivity (Wildman–Crippen MR) is 87.6 cm³/mol. The lowest BCUT2D eigenvalue weighted by Gasteiger charge is -2.31. The standard InChI is InChI=1S/C16H24N2O2S/c1-11(9-10-21-4)18-15(17-12(2)16(18)19)13-7-5-6-8-14(13)20-3/h5-8,11-12,15,17H,9-10H2,1-4H3. The molecule has 1 aromatic rings. The van der Waals surface area contributed by atoms with Crippen molar-refractivity contribution >= 4 is 17.7 Å². The van der Waals surface area contributed by atoms with Crippen LogP contribution in [0.3, 0.4) is 0 Å². The van der Waals surface area contributed by atoms with Gasteiger partial charge in [-0.2, -0.15) is 11.8 Å². The summed E-state index contributed by atoms with van der Waals surface area (Å²) >= 11 is 1.81. The Bertz CT molecular complexity index is 495. The summed E-state index contributed by atoms with van der Waals surface area (Å²) in [5.41, 5.74) is 1.02. The number of carbonyl (C=O) groups excluding carboxylic acids is 1. The molecular weight excluding hydrogens is 284 g/mol. The molecule has 1 aromatic carbocycles. The van der Waals surface area contributed by atoms with E-state index in [4.69, 9.17) is 4.74 Å². The highest BCUT2D eigenvalue weighted by molar-refractivity contribution is 7.98. The summed E-state index contributed by atoms with van der Waals surface area (Å²) in [6.07, 6.45) is 2.98. The molecule has 1 heterocycles. The molecule has 21 heavy (non-hydrogen) atoms. The van der Waals surface area contributed by atoms with Crippen LogP contribution in [-0.2, 0) is 4.79 Å². The minimum Gasteiger partial charge on any atom is -0.496 e. The monoisotopic (exact) mass is 308 g/mol. The van der Waals surface area contributed by atoms with Gasteiger partial charge in [-0.3, -0.25) is 10.1 Å². The van der Waals surface area contributed by atoms with Crippen LogP contribution in [-0.4, -0.2) is 42.0 Å². The van der Waals surface area contributed by atoms with E-state index >= 15 is 0 Å². The third kappa shape index (κ3) is 3.35. The average molecular weight is 308 g/mol. The highest BCUT2D eigenvalue weighted by Gasteiger charge is 2.40. The van der Waals surface area contributed by atoms with E-state index in [0.717, 1.165) is 23.5 Å². The second-order valence-corrected chi connectivity index (χ2v) is 6.39. The van der Waals surface area contributed by atoms with Gasteiger partial charge in [0.05, 0.1) is 13.2 Å². The van der Waals surface area contributed by atoms with Crippen molar-refractivity contribution in [2.24, 2.45) is 0 Å². The molecule has 4 nitrogen and oxygen atoms in total. The number of nitrogens with one attached hydrogen (secondary N) is 1. The van der Waals surface area contributed by atoms with Crippen LogP contribution < -0.4 is 10.1 Å². The van der Waals surface area contributed by atoms with Crippen LogP contribution >= 0.6 is 11.8 Å². The van der Waals surface area contributed by atoms with Gasteiger partial charge in [0.15, 0.2) is 0 Å². The fourth-order valence-electron chi connectivity index (χ4n) is 2.77. The first kappa shape index (κ1) is 16.2. The maximum absolute atomic E-state index is 12.5. The average Bonchev–Trinajstić information content (AvgIpc) is 2.80. The van der Waals surface area contributed by atoms with Crippen LogP contribution in [0.25, 0.3) is 0 Å². The van der Waals surface area contributed by atoms with Crippen molar-refractivity contribution in [3.05, 3.63) is 29.8 Å². The number of rotatable bonds is 6. The van der Waals surface area contributed by atoms with Crippen LogP contribution in [0.15, 0.2) is 24.3 Å². The lowest BCUT2D eigenvalue weighted by Crippen LogP contribution is -2.38. The number of thioether (sulfide) groups is 1. The highest BCUT2D eigenvalue weighted by atomic mass is 32.2. The second kappa shape index (κ2) is 7.18. The number of methoxy groups -OCH3 is 1. The second-order valence-electron chi connectivity index (χ2n) is 5.41. The molecule has 1 aliphatic heterocycles. The van der Waals surface area contributed by atoms with Gasteiger partial charge in [0.25, 0.3) is 0 Å². The maximum Gasteiger partial charge on any atom is 0.241 e. The molecule has 1 saturated heterocycles. The molecule has 5 heteroatoms. The Hall–Kier alpha value is -1.20. The Labute approximate surface area is 131 Å². The molecule has 1 aliphatic rings. The third-order valence-corrected chi connectivity index (χ3v) is 4.60. The fraction of sp³-hybridized carbons (Fsp3) is 0.562. The number of hydrogen-bond donors (Lipinski definition) is 1. The van der Waals surface area contributed by atoms with Gasteiger partial charge in [-0.15, -0.1) is 0 Å². The quantitative estimate of drug-likeness (QED) is 0.877. The molecule has 0 saturated carbocycles. The third-order valence-electron chi connectivity index (χ3n) is 3.96. The molecule has 1 N–H and O–H groups in total. The summed E-state index contributed by atoms with van der Waals surface area (Å²) in [7, 11) is 1.67. The zero-order valence-electron chi connectivity index (χ0n) is 13.1. The van der Waals surface area contributed by atoms with E-state index in [-0.39, 0.29) is 24.2 Å². The van der Waals surface area contributed by atoms with Crippen LogP contribution in [0, 0.1) is 0 Å². The minimum atomic E-state index is -0.156. The molecule has 1 amide bonds. The summed E-state index contributed by atoms with van der Waals surface area (Å²) in [5.74, 6) is 2.04. The molecule has 3 unspecified atom stereocenters. The Kier molecular flexibility index (Phi) is 5.53. The zero-order valence-corrected chi connectivity index (χ0v) is 13.9. The van der Waals surface area contributed by atoms with E-state index < -0.39 is 0 Å². The summed E-state index contributed by atoms with van der Waals surface area (Å²) in [5, 5.41) is 3.39. The van der Waals surface area contributed by atoms with Crippen molar-refractivity contribution in [1.29, 1.82) is 0 Å². The highest BCUT2D eigenvalue weighted by Crippen LogP contribution is 2.33. The van der Waals surface area contributed by atoms with Crippen LogP contribution in [0.4, 0.5) is 0 Å². The maximum atomic E-state index is 12.5. The van der Waals surface area contributed by atoms with Gasteiger partial charge in [0.2, 0.25) is 5.91 Å². The number of nitrogens with zero attached hydrogens (tertiary/aromatic N) is 1. The van der Waals surface area contributed by atoms with Crippen LogP contribution in [0.5, 0.6) is 5.75 Å². The zero-order chi connectivity index (χ0) is 15.4. The number of para-hydroxylation sites is 1. The van der Waals surface area contributed by atoms with E-state index in [0.29, 0.717) is 0 Å². The Balaban J connectivity index is 2.29. The number of amides is 1. The Morgan fingerprint density at radius 1 is 1.43 bits per heavy atom. The largest absolute Gasteiger partial charge is 0.496 e. The predicted octanol–water partition coefficient (Wildman–Crippen LogP) is 2.66. The van der Waals surface area contributed by atoms with Gasteiger partial charge in [-0.1, -0.05) is 18.2 Å². The summed E-state index contributed by atoms with van der Waals surface area (Å²) in [6.45, 7) is 4.04. The molecule has 3 atom stereocenters. The first-order chi connectivity index (χ1) is 10.1. The number of carbonyl (C=O) groups is 1. The molecule has 0 spiro atoms. The van der Waals surface area contributed by atoms with E-state index in [2.05, 4.69) is 18.5 Å². The first-order valence-corrected chi connectivity index (χ1v) is 8.69. The van der Waals surface area contributed by atoms with Crippen molar-refractivity contribution in [2.45, 2.75) is 38.5 Å². The number of benzene rings is 1. The SMILES string of the molecule is COc1ccccc1C1NC(C)C(=O)N1C(C)CCSC.